The van der Waals surface area contributed by atoms with Gasteiger partial charge in [0.1, 0.15) is 11.8 Å². The number of aliphatic hydroxyl groups is 1. The zero-order valence-corrected chi connectivity index (χ0v) is 14.2. The lowest BCUT2D eigenvalue weighted by molar-refractivity contribution is -0.384. The molecule has 0 aliphatic carbocycles. The van der Waals surface area contributed by atoms with Gasteiger partial charge in [-0.15, -0.1) is 0 Å². The number of urea groups is 1. The summed E-state index contributed by atoms with van der Waals surface area (Å²) in [5, 5.41) is 25.2. The van der Waals surface area contributed by atoms with Gasteiger partial charge in [0, 0.05) is 12.1 Å². The molecule has 1 aromatic heterocycles. The number of aromatic amines is 1. The number of primary amides is 1. The van der Waals surface area contributed by atoms with E-state index in [-0.39, 0.29) is 22.7 Å². The Morgan fingerprint density at radius 1 is 1.25 bits per heavy atom. The van der Waals surface area contributed by atoms with Gasteiger partial charge in [-0.05, 0) is 29.8 Å². The van der Waals surface area contributed by atoms with E-state index in [1.165, 1.54) is 24.3 Å². The van der Waals surface area contributed by atoms with Crippen molar-refractivity contribution >= 4 is 28.5 Å². The zero-order valence-electron chi connectivity index (χ0n) is 14.2. The van der Waals surface area contributed by atoms with Crippen molar-refractivity contribution in [3.8, 4) is 0 Å². The number of aromatic nitrogens is 2. The van der Waals surface area contributed by atoms with Crippen molar-refractivity contribution in [3.05, 3.63) is 80.3 Å². The highest BCUT2D eigenvalue weighted by atomic mass is 16.6. The van der Waals surface area contributed by atoms with Gasteiger partial charge in [0.05, 0.1) is 16.0 Å². The van der Waals surface area contributed by atoms with Crippen LogP contribution >= 0.6 is 0 Å². The average molecular weight is 382 g/mol. The summed E-state index contributed by atoms with van der Waals surface area (Å²) in [5.74, 6) is 0. The van der Waals surface area contributed by atoms with E-state index in [1.807, 2.05) is 5.43 Å². The lowest BCUT2D eigenvalue weighted by Gasteiger charge is -2.14. The number of para-hydroxylation sites is 2. The van der Waals surface area contributed by atoms with E-state index in [4.69, 9.17) is 5.73 Å². The fourth-order valence-electron chi connectivity index (χ4n) is 2.50. The number of nitro groups is 1. The normalized spacial score (nSPS) is 12.5. The van der Waals surface area contributed by atoms with Crippen LogP contribution in [0.4, 0.5) is 10.5 Å². The summed E-state index contributed by atoms with van der Waals surface area (Å²) in [5.41, 5.74) is 6.75. The number of hydrogen-bond donors (Lipinski definition) is 4. The lowest BCUT2D eigenvalue weighted by atomic mass is 10.0. The molecule has 11 heteroatoms. The van der Waals surface area contributed by atoms with Gasteiger partial charge in [0.2, 0.25) is 0 Å². The monoisotopic (exact) mass is 382 g/mol. The molecule has 1 unspecified atom stereocenters. The Hall–Kier alpha value is -4.12. The van der Waals surface area contributed by atoms with Gasteiger partial charge in [-0.25, -0.2) is 15.2 Å². The molecule has 0 aliphatic rings. The topological polar surface area (TPSA) is 177 Å². The van der Waals surface area contributed by atoms with Gasteiger partial charge >= 0.3 is 6.03 Å². The van der Waals surface area contributed by atoms with Gasteiger partial charge in [0.25, 0.3) is 11.2 Å². The molecule has 0 bridgehead atoms. The zero-order chi connectivity index (χ0) is 20.3. The van der Waals surface area contributed by atoms with Gasteiger partial charge < -0.3 is 15.8 Å². The van der Waals surface area contributed by atoms with Crippen LogP contribution in [0.3, 0.4) is 0 Å². The molecule has 0 saturated heterocycles. The number of H-pyrrole nitrogens is 1. The lowest BCUT2D eigenvalue weighted by Crippen LogP contribution is -2.31. The summed E-state index contributed by atoms with van der Waals surface area (Å²) >= 11 is 0. The average Bonchev–Trinajstić information content (AvgIpc) is 2.68. The number of nitro benzene ring substituents is 1. The van der Waals surface area contributed by atoms with E-state index >= 15 is 0 Å². The van der Waals surface area contributed by atoms with Crippen molar-refractivity contribution in [2.75, 3.05) is 0 Å². The van der Waals surface area contributed by atoms with E-state index < -0.39 is 22.6 Å². The second kappa shape index (κ2) is 7.63. The highest BCUT2D eigenvalue weighted by molar-refractivity contribution is 6.03. The molecule has 0 aliphatic heterocycles. The molecule has 2 aromatic carbocycles. The van der Waals surface area contributed by atoms with Gasteiger partial charge in [0.15, 0.2) is 5.69 Å². The fraction of sp³-hybridized carbons (Fsp3) is 0.0588. The Bertz CT molecular complexity index is 1140. The number of nitrogens with two attached hydrogens (primary N) is 1. The summed E-state index contributed by atoms with van der Waals surface area (Å²) in [4.78, 5) is 40.5. The van der Waals surface area contributed by atoms with Gasteiger partial charge in [-0.2, -0.15) is 5.10 Å². The number of carbonyl (C=O) groups excluding carboxylic acids is 1. The first kappa shape index (κ1) is 18.7. The van der Waals surface area contributed by atoms with Crippen LogP contribution < -0.4 is 16.7 Å². The minimum atomic E-state index is -1.51. The molecule has 1 atom stereocenters. The summed E-state index contributed by atoms with van der Waals surface area (Å²) in [6.45, 7) is 0. The van der Waals surface area contributed by atoms with E-state index in [0.717, 1.165) is 0 Å². The number of fused-ring (bicyclic) bond motifs is 1. The molecule has 3 rings (SSSR count). The van der Waals surface area contributed by atoms with Crippen LogP contribution in [0.2, 0.25) is 0 Å². The van der Waals surface area contributed by atoms with Crippen molar-refractivity contribution in [3.63, 3.8) is 0 Å². The number of benzene rings is 2. The number of nitrogens with one attached hydrogen (secondary N) is 2. The van der Waals surface area contributed by atoms with Crippen molar-refractivity contribution < 1.29 is 14.8 Å². The molecule has 2 amide bonds. The highest BCUT2D eigenvalue weighted by Crippen LogP contribution is 2.21. The predicted octanol–water partition coefficient (Wildman–Crippen LogP) is 0.937. The van der Waals surface area contributed by atoms with Crippen LogP contribution in [0.1, 0.15) is 17.4 Å². The van der Waals surface area contributed by atoms with Crippen LogP contribution in [0, 0.1) is 10.1 Å². The third kappa shape index (κ3) is 3.83. The Morgan fingerprint density at radius 2 is 1.93 bits per heavy atom. The largest absolute Gasteiger partial charge is 0.382 e. The van der Waals surface area contributed by atoms with Crippen molar-refractivity contribution in [1.82, 2.24) is 15.4 Å². The molecular weight excluding hydrogens is 368 g/mol. The number of aliphatic hydroxyl groups excluding tert-OH is 1. The molecule has 142 valence electrons. The quantitative estimate of drug-likeness (QED) is 0.290. The summed E-state index contributed by atoms with van der Waals surface area (Å²) in [6.07, 6.45) is -1.51. The molecule has 5 N–H and O–H groups in total. The summed E-state index contributed by atoms with van der Waals surface area (Å²) in [6, 6.07) is 10.7. The minimum absolute atomic E-state index is 0.175. The van der Waals surface area contributed by atoms with E-state index in [1.54, 1.807) is 24.3 Å². The number of hydrogen-bond acceptors (Lipinski definition) is 7. The van der Waals surface area contributed by atoms with Crippen molar-refractivity contribution in [2.24, 2.45) is 10.8 Å². The summed E-state index contributed by atoms with van der Waals surface area (Å²) in [7, 11) is 0. The van der Waals surface area contributed by atoms with Crippen molar-refractivity contribution in [1.29, 1.82) is 0 Å². The maximum atomic E-state index is 12.5. The SMILES string of the molecule is NC(=O)N/N=C(/c1nc2ccccc2[nH]c1=O)C(O)c1ccc([N+](=O)[O-])cc1. The number of hydrazone groups is 1. The number of nitrogens with zero attached hydrogens (tertiary/aromatic N) is 3. The van der Waals surface area contributed by atoms with Crippen LogP contribution in [-0.4, -0.2) is 31.7 Å². The highest BCUT2D eigenvalue weighted by Gasteiger charge is 2.23. The smallest absolute Gasteiger partial charge is 0.332 e. The van der Waals surface area contributed by atoms with Crippen molar-refractivity contribution in [2.45, 2.75) is 6.10 Å². The second-order valence-corrected chi connectivity index (χ2v) is 5.66. The fourth-order valence-corrected chi connectivity index (χ4v) is 2.50. The van der Waals surface area contributed by atoms with Crippen LogP contribution in [0.5, 0.6) is 0 Å². The molecule has 3 aromatic rings. The molecule has 1 heterocycles. The molecular formula is C17H14N6O5. The Labute approximate surface area is 156 Å². The number of non-ortho nitro benzene ring substituents is 1. The van der Waals surface area contributed by atoms with Crippen LogP contribution in [-0.2, 0) is 0 Å². The third-order valence-electron chi connectivity index (χ3n) is 3.81. The molecule has 28 heavy (non-hydrogen) atoms. The standard InChI is InChI=1S/C17H14N6O5/c18-17(26)22-21-13(15(24)9-5-7-10(8-6-9)23(27)28)14-16(25)20-12-4-2-1-3-11(12)19-14/h1-8,15,24H,(H,20,25)(H3,18,22,26)/b21-13-. The number of carbonyl (C=O) groups is 1. The first-order valence-corrected chi connectivity index (χ1v) is 7.91. The second-order valence-electron chi connectivity index (χ2n) is 5.66. The Balaban J connectivity index is 2.10. The maximum Gasteiger partial charge on any atom is 0.332 e. The van der Waals surface area contributed by atoms with Gasteiger partial charge in [-0.1, -0.05) is 12.1 Å². The first-order chi connectivity index (χ1) is 13.4. The molecule has 11 nitrogen and oxygen atoms in total. The predicted molar refractivity (Wildman–Crippen MR) is 99.7 cm³/mol. The summed E-state index contributed by atoms with van der Waals surface area (Å²) < 4.78 is 0. The molecule has 0 spiro atoms. The Morgan fingerprint density at radius 3 is 2.57 bits per heavy atom. The Kier molecular flexibility index (Phi) is 5.09. The van der Waals surface area contributed by atoms with E-state index in [9.17, 15) is 24.8 Å². The van der Waals surface area contributed by atoms with Crippen LogP contribution in [0.15, 0.2) is 58.4 Å². The van der Waals surface area contributed by atoms with Crippen LogP contribution in [0.25, 0.3) is 11.0 Å². The van der Waals surface area contributed by atoms with E-state index in [2.05, 4.69) is 15.1 Å². The van der Waals surface area contributed by atoms with Gasteiger partial charge in [-0.3, -0.25) is 14.9 Å². The molecule has 0 fully saturated rings. The maximum absolute atomic E-state index is 12.5. The number of amides is 2. The number of rotatable bonds is 5. The van der Waals surface area contributed by atoms with E-state index in [0.29, 0.717) is 11.0 Å². The third-order valence-corrected chi connectivity index (χ3v) is 3.81. The molecule has 0 radical (unpaired) electrons. The first-order valence-electron chi connectivity index (χ1n) is 7.91. The molecule has 0 saturated carbocycles. The minimum Gasteiger partial charge on any atom is -0.382 e.